The molecule has 1 saturated heterocycles. The topological polar surface area (TPSA) is 71.4 Å². The van der Waals surface area contributed by atoms with E-state index in [9.17, 15) is 9.59 Å². The Balaban J connectivity index is 1.76. The van der Waals surface area contributed by atoms with E-state index < -0.39 is 0 Å². The van der Waals surface area contributed by atoms with E-state index in [0.717, 1.165) is 41.3 Å². The number of hydrogen-bond donors (Lipinski definition) is 0. The smallest absolute Gasteiger partial charge is 0.257 e. The van der Waals surface area contributed by atoms with E-state index in [0.29, 0.717) is 29.2 Å². The lowest BCUT2D eigenvalue weighted by Gasteiger charge is -2.26. The molecule has 0 radical (unpaired) electrons. The number of ether oxygens (including phenoxy) is 2. The summed E-state index contributed by atoms with van der Waals surface area (Å²) in [5.41, 5.74) is 3.80. The van der Waals surface area contributed by atoms with E-state index in [1.165, 1.54) is 5.01 Å². The predicted octanol–water partition coefficient (Wildman–Crippen LogP) is 3.89. The van der Waals surface area contributed by atoms with Crippen LogP contribution in [0.4, 0.5) is 4.79 Å². The summed E-state index contributed by atoms with van der Waals surface area (Å²) in [5.74, 6) is 3.22. The SMILES string of the molecule is COc1cc2c(cc1OC)C(c1ccc(C(=O)N3CCSCC3)cc1)=NN(C(=O)P)C(C)C2. The van der Waals surface area contributed by atoms with E-state index in [1.807, 2.05) is 60.0 Å². The molecule has 0 aliphatic carbocycles. The van der Waals surface area contributed by atoms with Crippen LogP contribution in [0.1, 0.15) is 34.0 Å². The number of benzene rings is 2. The zero-order valence-corrected chi connectivity index (χ0v) is 21.0. The van der Waals surface area contributed by atoms with Gasteiger partial charge in [-0.2, -0.15) is 16.9 Å². The molecule has 0 aromatic heterocycles. The molecule has 7 nitrogen and oxygen atoms in total. The van der Waals surface area contributed by atoms with Crippen LogP contribution in [-0.4, -0.2) is 72.0 Å². The molecule has 9 heteroatoms. The lowest BCUT2D eigenvalue weighted by molar-refractivity contribution is 0.0772. The van der Waals surface area contributed by atoms with Crippen molar-refractivity contribution in [3.8, 4) is 11.5 Å². The number of thioether (sulfide) groups is 1. The van der Waals surface area contributed by atoms with Crippen LogP contribution in [0, 0.1) is 0 Å². The second kappa shape index (κ2) is 10.1. The van der Waals surface area contributed by atoms with Crippen molar-refractivity contribution in [3.05, 3.63) is 58.7 Å². The average molecular weight is 486 g/mol. The van der Waals surface area contributed by atoms with Crippen molar-refractivity contribution in [1.82, 2.24) is 9.91 Å². The summed E-state index contributed by atoms with van der Waals surface area (Å²) < 4.78 is 11.0. The number of rotatable bonds is 4. The molecule has 0 saturated carbocycles. The van der Waals surface area contributed by atoms with Gasteiger partial charge in [-0.15, -0.1) is 0 Å². The van der Waals surface area contributed by atoms with Gasteiger partial charge in [0.1, 0.15) is 0 Å². The maximum Gasteiger partial charge on any atom is 0.257 e. The molecule has 33 heavy (non-hydrogen) atoms. The Morgan fingerprint density at radius 2 is 1.70 bits per heavy atom. The Hall–Kier alpha value is -2.57. The molecule has 2 aliphatic rings. The number of carbonyl (C=O) groups is 2. The zero-order valence-electron chi connectivity index (χ0n) is 19.0. The fourth-order valence-electron chi connectivity index (χ4n) is 4.17. The minimum Gasteiger partial charge on any atom is -0.493 e. The number of hydrogen-bond acceptors (Lipinski definition) is 6. The standard InChI is InChI=1S/C24H28N3O4PS/c1-15-12-18-13-20(30-2)21(31-3)14-19(18)22(25-27(15)24(29)32)16-4-6-17(7-5-16)23(28)26-8-10-33-11-9-26/h4-7,13-15H,8-12,32H2,1-3H3. The van der Waals surface area contributed by atoms with Gasteiger partial charge >= 0.3 is 0 Å². The number of carbonyl (C=O) groups excluding carboxylic acids is 2. The third-order valence-electron chi connectivity index (χ3n) is 5.93. The van der Waals surface area contributed by atoms with Crippen LogP contribution < -0.4 is 9.47 Å². The Labute approximate surface area is 200 Å². The van der Waals surface area contributed by atoms with Crippen LogP contribution in [0.15, 0.2) is 41.5 Å². The van der Waals surface area contributed by atoms with Crippen molar-refractivity contribution >= 4 is 38.3 Å². The van der Waals surface area contributed by atoms with Crippen molar-refractivity contribution in [3.63, 3.8) is 0 Å². The van der Waals surface area contributed by atoms with Crippen molar-refractivity contribution in [1.29, 1.82) is 0 Å². The molecule has 2 aromatic carbocycles. The first-order valence-corrected chi connectivity index (χ1v) is 12.6. The van der Waals surface area contributed by atoms with Gasteiger partial charge < -0.3 is 14.4 Å². The van der Waals surface area contributed by atoms with Gasteiger partial charge in [0.15, 0.2) is 11.5 Å². The molecule has 2 amide bonds. The van der Waals surface area contributed by atoms with E-state index in [4.69, 9.17) is 14.6 Å². The zero-order chi connectivity index (χ0) is 23.5. The molecule has 2 aliphatic heterocycles. The molecule has 0 spiro atoms. The highest BCUT2D eigenvalue weighted by Gasteiger charge is 2.27. The van der Waals surface area contributed by atoms with Crippen molar-refractivity contribution in [2.75, 3.05) is 38.8 Å². The second-order valence-electron chi connectivity index (χ2n) is 8.03. The van der Waals surface area contributed by atoms with E-state index >= 15 is 0 Å². The van der Waals surface area contributed by atoms with Gasteiger partial charge in [0.05, 0.1) is 26.0 Å². The Morgan fingerprint density at radius 3 is 2.30 bits per heavy atom. The highest BCUT2D eigenvalue weighted by Crippen LogP contribution is 2.35. The van der Waals surface area contributed by atoms with Crippen molar-refractivity contribution in [2.24, 2.45) is 5.10 Å². The second-order valence-corrected chi connectivity index (χ2v) is 9.75. The number of methoxy groups -OCH3 is 2. The van der Waals surface area contributed by atoms with Crippen molar-refractivity contribution < 1.29 is 19.1 Å². The quantitative estimate of drug-likeness (QED) is 0.615. The van der Waals surface area contributed by atoms with Gasteiger partial charge in [-0.25, -0.2) is 5.01 Å². The van der Waals surface area contributed by atoms with Gasteiger partial charge in [0.2, 0.25) is 0 Å². The van der Waals surface area contributed by atoms with Crippen molar-refractivity contribution in [2.45, 2.75) is 19.4 Å². The summed E-state index contributed by atoms with van der Waals surface area (Å²) >= 11 is 1.87. The molecule has 2 atom stereocenters. The van der Waals surface area contributed by atoms with E-state index in [-0.39, 0.29) is 17.6 Å². The molecule has 2 unspecified atom stereocenters. The first-order chi connectivity index (χ1) is 15.9. The number of nitrogens with zero attached hydrogens (tertiary/aromatic N) is 3. The molecule has 0 bridgehead atoms. The largest absolute Gasteiger partial charge is 0.493 e. The van der Waals surface area contributed by atoms with Crippen LogP contribution in [-0.2, 0) is 6.42 Å². The van der Waals surface area contributed by atoms with Gasteiger partial charge in [-0.3, -0.25) is 9.59 Å². The maximum atomic E-state index is 12.9. The van der Waals surface area contributed by atoms with Gasteiger partial charge in [-0.1, -0.05) is 12.1 Å². The summed E-state index contributed by atoms with van der Waals surface area (Å²) in [7, 11) is 5.41. The Kier molecular flexibility index (Phi) is 7.25. The number of amides is 2. The molecular formula is C24H28N3O4PS. The lowest BCUT2D eigenvalue weighted by Crippen LogP contribution is -2.37. The molecule has 2 aromatic rings. The lowest BCUT2D eigenvalue weighted by atomic mass is 9.93. The summed E-state index contributed by atoms with van der Waals surface area (Å²) in [4.78, 5) is 27.1. The molecule has 174 valence electrons. The maximum absolute atomic E-state index is 12.9. The van der Waals surface area contributed by atoms with Gasteiger partial charge in [0, 0.05) is 41.3 Å². The fourth-order valence-corrected chi connectivity index (χ4v) is 5.39. The molecule has 1 fully saturated rings. The molecule has 0 N–H and O–H groups in total. The minimum atomic E-state index is -0.207. The van der Waals surface area contributed by atoms with E-state index in [2.05, 4.69) is 9.24 Å². The van der Waals surface area contributed by atoms with Crippen LogP contribution in [0.25, 0.3) is 0 Å². The Morgan fingerprint density at radius 1 is 1.06 bits per heavy atom. The van der Waals surface area contributed by atoms with Crippen LogP contribution in [0.3, 0.4) is 0 Å². The minimum absolute atomic E-state index is 0.0480. The summed E-state index contributed by atoms with van der Waals surface area (Å²) in [6.07, 6.45) is 0.617. The molecule has 2 heterocycles. The highest BCUT2D eigenvalue weighted by molar-refractivity contribution is 7.99. The normalized spacial score (nSPS) is 18.2. The summed E-state index contributed by atoms with van der Waals surface area (Å²) in [6, 6.07) is 11.2. The third kappa shape index (κ3) is 4.87. The first kappa shape index (κ1) is 23.6. The van der Waals surface area contributed by atoms with Gasteiger partial charge in [0.25, 0.3) is 11.6 Å². The van der Waals surface area contributed by atoms with Gasteiger partial charge in [-0.05, 0) is 52.4 Å². The van der Waals surface area contributed by atoms with Crippen LogP contribution >= 0.6 is 21.0 Å². The van der Waals surface area contributed by atoms with Crippen LogP contribution in [0.2, 0.25) is 0 Å². The summed E-state index contributed by atoms with van der Waals surface area (Å²) in [6.45, 7) is 3.51. The number of hydrazone groups is 1. The van der Waals surface area contributed by atoms with E-state index in [1.54, 1.807) is 14.2 Å². The van der Waals surface area contributed by atoms with Crippen LogP contribution in [0.5, 0.6) is 11.5 Å². The third-order valence-corrected chi connectivity index (χ3v) is 7.14. The predicted molar refractivity (Wildman–Crippen MR) is 135 cm³/mol. The summed E-state index contributed by atoms with van der Waals surface area (Å²) in [5, 5.41) is 6.24. The first-order valence-electron chi connectivity index (χ1n) is 10.8. The molecule has 4 rings (SSSR count). The Bertz CT molecular complexity index is 1080. The number of fused-ring (bicyclic) bond motifs is 1. The monoisotopic (exact) mass is 485 g/mol. The average Bonchev–Trinajstić information content (AvgIpc) is 2.98. The highest BCUT2D eigenvalue weighted by atomic mass is 32.2. The molecular weight excluding hydrogens is 457 g/mol. The fraction of sp³-hybridized carbons (Fsp3) is 0.375.